The van der Waals surface area contributed by atoms with E-state index in [1.165, 1.54) is 12.3 Å². The van der Waals surface area contributed by atoms with Crippen molar-refractivity contribution in [3.63, 3.8) is 0 Å². The summed E-state index contributed by atoms with van der Waals surface area (Å²) >= 11 is 5.01. The molecule has 0 saturated carbocycles. The number of alkyl halides is 3. The van der Waals surface area contributed by atoms with Gasteiger partial charge in [-0.25, -0.2) is 0 Å². The van der Waals surface area contributed by atoms with Crippen molar-refractivity contribution in [2.45, 2.75) is 6.18 Å². The minimum Gasteiger partial charge on any atom is -0.260 e. The lowest BCUT2D eigenvalue weighted by molar-refractivity contribution is -0.0882. The van der Waals surface area contributed by atoms with E-state index in [2.05, 4.69) is 4.99 Å². The van der Waals surface area contributed by atoms with Gasteiger partial charge in [0.15, 0.2) is 0 Å². The topological polar surface area (TPSA) is 12.4 Å². The highest BCUT2D eigenvalue weighted by atomic mass is 32.1. The van der Waals surface area contributed by atoms with E-state index in [0.717, 1.165) is 12.2 Å². The zero-order chi connectivity index (χ0) is 11.1. The first-order valence-corrected chi connectivity index (χ1v) is 4.64. The van der Waals surface area contributed by atoms with Crippen LogP contribution in [0.2, 0.25) is 0 Å². The molecule has 5 heteroatoms. The van der Waals surface area contributed by atoms with Gasteiger partial charge in [0.25, 0.3) is 0 Å². The molecule has 0 radical (unpaired) electrons. The molecule has 2 rings (SSSR count). The van der Waals surface area contributed by atoms with Crippen molar-refractivity contribution in [2.24, 2.45) is 10.9 Å². The molecule has 1 aliphatic heterocycles. The molecule has 0 amide bonds. The molecule has 1 aliphatic carbocycles. The molecule has 0 saturated heterocycles. The van der Waals surface area contributed by atoms with Gasteiger partial charge in [0.05, 0.1) is 17.2 Å². The van der Waals surface area contributed by atoms with Gasteiger partial charge in [0.1, 0.15) is 0 Å². The third-order valence-electron chi connectivity index (χ3n) is 2.19. The highest BCUT2D eigenvalue weighted by Gasteiger charge is 2.35. The molecule has 0 fully saturated rings. The van der Waals surface area contributed by atoms with Crippen molar-refractivity contribution in [1.82, 2.24) is 0 Å². The Balaban J connectivity index is 2.38. The van der Waals surface area contributed by atoms with Crippen LogP contribution in [0.25, 0.3) is 0 Å². The first-order valence-electron chi connectivity index (χ1n) is 4.23. The predicted octanol–water partition coefficient (Wildman–Crippen LogP) is 3.00. The van der Waals surface area contributed by atoms with Gasteiger partial charge < -0.3 is 0 Å². The predicted molar refractivity (Wildman–Crippen MR) is 55.9 cm³/mol. The number of halogens is 3. The molecule has 1 nitrogen and oxygen atoms in total. The molecule has 0 spiro atoms. The van der Waals surface area contributed by atoms with Crippen molar-refractivity contribution < 1.29 is 13.2 Å². The number of nitrogens with zero attached hydrogens (tertiary/aromatic N) is 1. The van der Waals surface area contributed by atoms with Gasteiger partial charge in [-0.2, -0.15) is 13.2 Å². The summed E-state index contributed by atoms with van der Waals surface area (Å²) in [5.74, 6) is -0.281. The molecule has 1 heterocycles. The van der Waals surface area contributed by atoms with Gasteiger partial charge in [0, 0.05) is 11.1 Å². The summed E-state index contributed by atoms with van der Waals surface area (Å²) in [5, 5.41) is 0. The zero-order valence-electron chi connectivity index (χ0n) is 7.45. The average Bonchev–Trinajstić information content (AvgIpc) is 2.16. The Bertz CT molecular complexity index is 426. The summed E-state index contributed by atoms with van der Waals surface area (Å²) in [6.07, 6.45) is 2.26. The average molecular weight is 229 g/mol. The minimum atomic E-state index is -4.33. The summed E-state index contributed by atoms with van der Waals surface area (Å²) in [6, 6.07) is 0. The number of hydrogen-bond donors (Lipinski definition) is 0. The van der Waals surface area contributed by atoms with Crippen LogP contribution in [0.5, 0.6) is 0 Å². The Morgan fingerprint density at radius 1 is 1.27 bits per heavy atom. The van der Waals surface area contributed by atoms with E-state index in [1.807, 2.05) is 0 Å². The van der Waals surface area contributed by atoms with E-state index in [9.17, 15) is 13.2 Å². The second-order valence-corrected chi connectivity index (χ2v) is 3.68. The zero-order valence-corrected chi connectivity index (χ0v) is 8.27. The molecule has 15 heavy (non-hydrogen) atoms. The third kappa shape index (κ3) is 1.92. The van der Waals surface area contributed by atoms with E-state index in [4.69, 9.17) is 12.2 Å². The van der Waals surface area contributed by atoms with Crippen molar-refractivity contribution >= 4 is 22.8 Å². The molecule has 1 atom stereocenters. The Labute approximate surface area is 89.7 Å². The minimum absolute atomic E-state index is 0.281. The number of fused-ring (bicyclic) bond motifs is 1. The highest BCUT2D eigenvalue weighted by molar-refractivity contribution is 7.80. The molecule has 0 N–H and O–H groups in total. The van der Waals surface area contributed by atoms with Crippen LogP contribution >= 0.6 is 12.2 Å². The first-order chi connectivity index (χ1) is 6.98. The number of hydrogen-bond acceptors (Lipinski definition) is 2. The number of allylic oxidation sites excluding steroid dienone is 5. The normalized spacial score (nSPS) is 24.7. The van der Waals surface area contributed by atoms with E-state index < -0.39 is 11.7 Å². The number of thiocarbonyl (C=S) groups is 1. The Morgan fingerprint density at radius 2 is 2.00 bits per heavy atom. The Morgan fingerprint density at radius 3 is 2.67 bits per heavy atom. The first kappa shape index (κ1) is 10.3. The molecule has 0 aromatic rings. The molecule has 78 valence electrons. The monoisotopic (exact) mass is 229 g/mol. The number of aliphatic imine (C=N–C) groups is 1. The fraction of sp³-hybridized carbons (Fsp3) is 0.200. The summed E-state index contributed by atoms with van der Waals surface area (Å²) < 4.78 is 37.1. The summed E-state index contributed by atoms with van der Waals surface area (Å²) in [7, 11) is 0. The number of rotatable bonds is 0. The summed E-state index contributed by atoms with van der Waals surface area (Å²) in [4.78, 5) is 4.48. The van der Waals surface area contributed by atoms with Gasteiger partial charge in [-0.05, 0) is 12.2 Å². The quantitative estimate of drug-likeness (QED) is 0.582. The lowest BCUT2D eigenvalue weighted by Crippen LogP contribution is -2.25. The van der Waals surface area contributed by atoms with Gasteiger partial charge >= 0.3 is 6.18 Å². The molecular weight excluding hydrogens is 223 g/mol. The van der Waals surface area contributed by atoms with Crippen molar-refractivity contribution in [2.75, 3.05) is 0 Å². The van der Waals surface area contributed by atoms with E-state index in [-0.39, 0.29) is 5.92 Å². The van der Waals surface area contributed by atoms with Crippen LogP contribution in [0.3, 0.4) is 0 Å². The fourth-order valence-electron chi connectivity index (χ4n) is 1.43. The Hall–Kier alpha value is -1.23. The largest absolute Gasteiger partial charge is 0.416 e. The third-order valence-corrected chi connectivity index (χ3v) is 2.58. The van der Waals surface area contributed by atoms with Crippen LogP contribution in [0.1, 0.15) is 0 Å². The van der Waals surface area contributed by atoms with Crippen LogP contribution in [0.15, 0.2) is 41.1 Å². The van der Waals surface area contributed by atoms with Crippen molar-refractivity contribution in [1.29, 1.82) is 0 Å². The van der Waals surface area contributed by atoms with Crippen LogP contribution in [-0.4, -0.2) is 16.8 Å². The standard InChI is InChI=1S/C10H6F3NS/c11-10(12,13)6-1-2-7-8(5-6)14-4-3-9(7)15/h1-5,7H. The van der Waals surface area contributed by atoms with E-state index in [1.54, 1.807) is 6.08 Å². The second-order valence-electron chi connectivity index (χ2n) is 3.21. The maximum absolute atomic E-state index is 12.4. The highest BCUT2D eigenvalue weighted by Crippen LogP contribution is 2.31. The smallest absolute Gasteiger partial charge is 0.260 e. The van der Waals surface area contributed by atoms with Gasteiger partial charge in [0.2, 0.25) is 0 Å². The summed E-state index contributed by atoms with van der Waals surface area (Å²) in [6.45, 7) is 0. The van der Waals surface area contributed by atoms with Crippen LogP contribution < -0.4 is 0 Å². The van der Waals surface area contributed by atoms with E-state index >= 15 is 0 Å². The lowest BCUT2D eigenvalue weighted by Gasteiger charge is -2.21. The fourth-order valence-corrected chi connectivity index (χ4v) is 1.69. The Kier molecular flexibility index (Phi) is 2.34. The SMILES string of the molecule is FC(F)(F)C1=CC2=NC=CC(=S)C2C=C1. The molecule has 1 unspecified atom stereocenters. The van der Waals surface area contributed by atoms with Crippen LogP contribution in [-0.2, 0) is 0 Å². The van der Waals surface area contributed by atoms with Crippen molar-refractivity contribution in [3.8, 4) is 0 Å². The molecular formula is C10H6F3NS. The lowest BCUT2D eigenvalue weighted by atomic mass is 9.90. The second kappa shape index (κ2) is 3.41. The molecule has 0 aromatic carbocycles. The van der Waals surface area contributed by atoms with Gasteiger partial charge in [-0.3, -0.25) is 4.99 Å². The van der Waals surface area contributed by atoms with Gasteiger partial charge in [-0.15, -0.1) is 0 Å². The van der Waals surface area contributed by atoms with Crippen molar-refractivity contribution in [3.05, 3.63) is 36.1 Å². The van der Waals surface area contributed by atoms with Gasteiger partial charge in [-0.1, -0.05) is 24.4 Å². The van der Waals surface area contributed by atoms with Crippen LogP contribution in [0, 0.1) is 5.92 Å². The molecule has 0 bridgehead atoms. The molecule has 2 aliphatic rings. The maximum atomic E-state index is 12.4. The summed E-state index contributed by atoms with van der Waals surface area (Å²) in [5.41, 5.74) is -0.326. The molecule has 0 aromatic heterocycles. The van der Waals surface area contributed by atoms with E-state index in [0.29, 0.717) is 10.6 Å². The van der Waals surface area contributed by atoms with Crippen LogP contribution in [0.4, 0.5) is 13.2 Å². The maximum Gasteiger partial charge on any atom is 0.416 e.